The number of hydrogen-bond donors (Lipinski definition) is 0. The summed E-state index contributed by atoms with van der Waals surface area (Å²) in [4.78, 5) is 18.2. The normalized spacial score (nSPS) is 11.0. The van der Waals surface area contributed by atoms with Gasteiger partial charge in [-0.25, -0.2) is 9.78 Å². The maximum Gasteiger partial charge on any atom is 0.344 e. The Morgan fingerprint density at radius 1 is 0.774 bits per heavy atom. The molecule has 0 saturated heterocycles. The lowest BCUT2D eigenvalue weighted by Gasteiger charge is -2.12. The Kier molecular flexibility index (Phi) is 4.72. The van der Waals surface area contributed by atoms with Crippen molar-refractivity contribution in [2.75, 3.05) is 0 Å². The van der Waals surface area contributed by atoms with Crippen LogP contribution in [-0.4, -0.2) is 11.0 Å². The number of fused-ring (bicyclic) bond motifs is 2. The first-order valence-electron chi connectivity index (χ1n) is 10.3. The van der Waals surface area contributed by atoms with Crippen LogP contribution in [-0.2, 0) is 0 Å². The van der Waals surface area contributed by atoms with E-state index >= 15 is 0 Å². The first-order valence-corrected chi connectivity index (χ1v) is 10.3. The van der Waals surface area contributed by atoms with Crippen LogP contribution in [0.15, 0.2) is 91.0 Å². The molecule has 0 fully saturated rings. The van der Waals surface area contributed by atoms with Gasteiger partial charge >= 0.3 is 5.97 Å². The largest absolute Gasteiger partial charge is 0.422 e. The number of pyridine rings is 1. The summed E-state index contributed by atoms with van der Waals surface area (Å²) < 4.78 is 5.90. The van der Waals surface area contributed by atoms with Crippen molar-refractivity contribution in [2.45, 2.75) is 13.8 Å². The molecule has 0 bridgehead atoms. The van der Waals surface area contributed by atoms with E-state index in [1.54, 1.807) is 0 Å². The highest BCUT2D eigenvalue weighted by Crippen LogP contribution is 2.30. The summed E-state index contributed by atoms with van der Waals surface area (Å²) in [5.41, 5.74) is 5.24. The second-order valence-electron chi connectivity index (χ2n) is 7.76. The number of carbonyl (C=O) groups is 1. The van der Waals surface area contributed by atoms with Crippen LogP contribution >= 0.6 is 0 Å². The molecule has 0 atom stereocenters. The number of esters is 1. The smallest absolute Gasteiger partial charge is 0.344 e. The van der Waals surface area contributed by atoms with Gasteiger partial charge in [-0.05, 0) is 36.9 Å². The molecule has 0 aliphatic carbocycles. The zero-order chi connectivity index (χ0) is 21.4. The summed E-state index contributed by atoms with van der Waals surface area (Å²) in [5, 5.41) is 2.73. The number of nitrogens with zero attached hydrogens (tertiary/aromatic N) is 1. The molecule has 0 N–H and O–H groups in total. The van der Waals surface area contributed by atoms with Crippen molar-refractivity contribution in [3.8, 4) is 17.0 Å². The number of ether oxygens (including phenoxy) is 1. The van der Waals surface area contributed by atoms with Crippen molar-refractivity contribution in [1.29, 1.82) is 0 Å². The van der Waals surface area contributed by atoms with Gasteiger partial charge in [0.1, 0.15) is 5.75 Å². The van der Waals surface area contributed by atoms with Gasteiger partial charge in [0, 0.05) is 16.3 Å². The molecule has 3 heteroatoms. The molecule has 4 aromatic carbocycles. The lowest BCUT2D eigenvalue weighted by molar-refractivity contribution is 0.0739. The molecule has 0 unspecified atom stereocenters. The lowest BCUT2D eigenvalue weighted by Crippen LogP contribution is -2.10. The van der Waals surface area contributed by atoms with Crippen LogP contribution in [0.3, 0.4) is 0 Å². The summed E-state index contributed by atoms with van der Waals surface area (Å²) in [6.07, 6.45) is 0. The van der Waals surface area contributed by atoms with Gasteiger partial charge in [0.25, 0.3) is 0 Å². The number of hydrogen-bond acceptors (Lipinski definition) is 3. The van der Waals surface area contributed by atoms with Gasteiger partial charge < -0.3 is 4.74 Å². The number of aryl methyl sites for hydroxylation is 2. The van der Waals surface area contributed by atoms with E-state index in [0.717, 1.165) is 38.5 Å². The van der Waals surface area contributed by atoms with E-state index in [9.17, 15) is 4.79 Å². The average molecular weight is 403 g/mol. The quantitative estimate of drug-likeness (QED) is 0.243. The maximum absolute atomic E-state index is 13.4. The Labute approximate surface area is 180 Å². The van der Waals surface area contributed by atoms with Gasteiger partial charge in [0.05, 0.1) is 16.8 Å². The van der Waals surface area contributed by atoms with Gasteiger partial charge in [-0.2, -0.15) is 0 Å². The zero-order valence-corrected chi connectivity index (χ0v) is 17.4. The van der Waals surface area contributed by atoms with Crippen molar-refractivity contribution in [3.63, 3.8) is 0 Å². The molecule has 3 nitrogen and oxygen atoms in total. The van der Waals surface area contributed by atoms with Crippen LogP contribution in [0.5, 0.6) is 5.75 Å². The fraction of sp³-hybridized carbons (Fsp3) is 0.0714. The van der Waals surface area contributed by atoms with Crippen LogP contribution in [0.1, 0.15) is 21.5 Å². The first-order chi connectivity index (χ1) is 15.1. The Hall–Kier alpha value is -3.98. The minimum atomic E-state index is -0.386. The highest BCUT2D eigenvalue weighted by molar-refractivity contribution is 6.07. The van der Waals surface area contributed by atoms with Gasteiger partial charge in [-0.3, -0.25) is 0 Å². The average Bonchev–Trinajstić information content (AvgIpc) is 2.79. The number of para-hydroxylation sites is 1. The van der Waals surface area contributed by atoms with Crippen molar-refractivity contribution in [2.24, 2.45) is 0 Å². The molecule has 0 aliphatic rings. The standard InChI is InChI=1S/C28H21NO2/c1-18-13-15-21(16-14-18)25-17-24(23-11-5-7-19(2)27(23)29-25)28(30)31-26-12-6-9-20-8-3-4-10-22(20)26/h3-17H,1-2H3. The maximum atomic E-state index is 13.4. The van der Waals surface area contributed by atoms with Crippen LogP contribution in [0, 0.1) is 13.8 Å². The molecule has 0 aliphatic heterocycles. The second-order valence-corrected chi connectivity index (χ2v) is 7.76. The number of aromatic nitrogens is 1. The van der Waals surface area contributed by atoms with E-state index in [4.69, 9.17) is 9.72 Å². The molecule has 5 rings (SSSR count). The summed E-state index contributed by atoms with van der Waals surface area (Å²) in [5.74, 6) is 0.167. The number of carbonyl (C=O) groups excluding carboxylic acids is 1. The Morgan fingerprint density at radius 2 is 1.48 bits per heavy atom. The monoisotopic (exact) mass is 403 g/mol. The molecule has 0 radical (unpaired) electrons. The molecule has 0 saturated carbocycles. The number of benzene rings is 4. The molecule has 5 aromatic rings. The topological polar surface area (TPSA) is 39.2 Å². The Balaban J connectivity index is 1.65. The second kappa shape index (κ2) is 7.69. The fourth-order valence-electron chi connectivity index (χ4n) is 3.87. The first kappa shape index (κ1) is 19.0. The molecule has 1 aromatic heterocycles. The number of rotatable bonds is 3. The summed E-state index contributed by atoms with van der Waals surface area (Å²) in [6, 6.07) is 29.5. The summed E-state index contributed by atoms with van der Waals surface area (Å²) in [7, 11) is 0. The highest BCUT2D eigenvalue weighted by atomic mass is 16.5. The Bertz CT molecular complexity index is 1430. The molecule has 0 amide bonds. The molecule has 1 heterocycles. The molecule has 31 heavy (non-hydrogen) atoms. The third-order valence-electron chi connectivity index (χ3n) is 5.56. The van der Waals surface area contributed by atoms with Gasteiger partial charge in [-0.1, -0.05) is 84.4 Å². The minimum absolute atomic E-state index is 0.386. The molecule has 150 valence electrons. The van der Waals surface area contributed by atoms with Crippen LogP contribution in [0.25, 0.3) is 32.9 Å². The fourth-order valence-corrected chi connectivity index (χ4v) is 3.87. The van der Waals surface area contributed by atoms with E-state index in [1.165, 1.54) is 5.56 Å². The molecular weight excluding hydrogens is 382 g/mol. The van der Waals surface area contributed by atoms with Gasteiger partial charge in [-0.15, -0.1) is 0 Å². The SMILES string of the molecule is Cc1ccc(-c2cc(C(=O)Oc3cccc4ccccc34)c3cccc(C)c3n2)cc1. The predicted octanol–water partition coefficient (Wildman–Crippen LogP) is 6.89. The molecular formula is C28H21NO2. The lowest BCUT2D eigenvalue weighted by atomic mass is 10.0. The van der Waals surface area contributed by atoms with Crippen LogP contribution < -0.4 is 4.74 Å². The van der Waals surface area contributed by atoms with E-state index in [0.29, 0.717) is 11.3 Å². The van der Waals surface area contributed by atoms with Crippen molar-refractivity contribution in [1.82, 2.24) is 4.98 Å². The summed E-state index contributed by atoms with van der Waals surface area (Å²) in [6.45, 7) is 4.06. The zero-order valence-electron chi connectivity index (χ0n) is 17.4. The van der Waals surface area contributed by atoms with E-state index < -0.39 is 0 Å². The molecule has 0 spiro atoms. The van der Waals surface area contributed by atoms with Crippen molar-refractivity contribution >= 4 is 27.6 Å². The minimum Gasteiger partial charge on any atom is -0.422 e. The van der Waals surface area contributed by atoms with E-state index in [1.807, 2.05) is 97.9 Å². The summed E-state index contributed by atoms with van der Waals surface area (Å²) >= 11 is 0. The third kappa shape index (κ3) is 3.55. The van der Waals surface area contributed by atoms with Crippen LogP contribution in [0.2, 0.25) is 0 Å². The van der Waals surface area contributed by atoms with E-state index in [2.05, 4.69) is 6.92 Å². The van der Waals surface area contributed by atoms with Gasteiger partial charge in [0.15, 0.2) is 0 Å². The van der Waals surface area contributed by atoms with Crippen molar-refractivity contribution in [3.05, 3.63) is 108 Å². The van der Waals surface area contributed by atoms with Gasteiger partial charge in [0.2, 0.25) is 0 Å². The Morgan fingerprint density at radius 3 is 2.32 bits per heavy atom. The van der Waals surface area contributed by atoms with Crippen molar-refractivity contribution < 1.29 is 9.53 Å². The highest BCUT2D eigenvalue weighted by Gasteiger charge is 2.18. The predicted molar refractivity (Wildman–Crippen MR) is 126 cm³/mol. The van der Waals surface area contributed by atoms with E-state index in [-0.39, 0.29) is 5.97 Å². The van der Waals surface area contributed by atoms with Crippen LogP contribution in [0.4, 0.5) is 0 Å². The third-order valence-corrected chi connectivity index (χ3v) is 5.56.